The van der Waals surface area contributed by atoms with Crippen LogP contribution in [0, 0.1) is 5.92 Å². The lowest BCUT2D eigenvalue weighted by Gasteiger charge is -2.30. The number of nitrogens with zero attached hydrogens (tertiary/aromatic N) is 3. The maximum absolute atomic E-state index is 13.2. The van der Waals surface area contributed by atoms with Gasteiger partial charge in [0.1, 0.15) is 0 Å². The molecule has 4 rings (SSSR count). The van der Waals surface area contributed by atoms with Crippen molar-refractivity contribution in [3.05, 3.63) is 53.3 Å². The Morgan fingerprint density at radius 3 is 2.76 bits per heavy atom. The molecule has 2 heterocycles. The zero-order chi connectivity index (χ0) is 23.4. The fourth-order valence-corrected chi connectivity index (χ4v) is 7.11. The lowest BCUT2D eigenvalue weighted by atomic mass is 9.99. The van der Waals surface area contributed by atoms with Crippen LogP contribution in [-0.4, -0.2) is 56.3 Å². The summed E-state index contributed by atoms with van der Waals surface area (Å²) in [6.07, 6.45) is 3.29. The molecule has 2 aromatic carbocycles. The van der Waals surface area contributed by atoms with Gasteiger partial charge in [-0.1, -0.05) is 29.5 Å². The van der Waals surface area contributed by atoms with Gasteiger partial charge in [-0.05, 0) is 49.4 Å². The number of rotatable bonds is 7. The first-order valence-electron chi connectivity index (χ1n) is 10.7. The summed E-state index contributed by atoms with van der Waals surface area (Å²) in [5.74, 6) is -0.731. The number of fused-ring (bicyclic) bond motifs is 1. The van der Waals surface area contributed by atoms with E-state index in [1.54, 1.807) is 49.2 Å². The predicted octanol–water partition coefficient (Wildman–Crippen LogP) is 3.60. The first kappa shape index (κ1) is 24.2. The average Bonchev–Trinajstić information content (AvgIpc) is 3.19. The van der Waals surface area contributed by atoms with Crippen LogP contribution >= 0.6 is 23.1 Å². The van der Waals surface area contributed by atoms with Gasteiger partial charge in [0.25, 0.3) is 5.91 Å². The third kappa shape index (κ3) is 5.25. The van der Waals surface area contributed by atoms with Gasteiger partial charge in [-0.2, -0.15) is 9.30 Å². The number of hydrogen-bond donors (Lipinski definition) is 0. The number of sulfonamides is 1. The summed E-state index contributed by atoms with van der Waals surface area (Å²) in [7, 11) is -1.99. The number of ether oxygens (including phenoxy) is 1. The number of thiazole rings is 1. The molecule has 1 fully saturated rings. The molecule has 7 nitrogen and oxygen atoms in total. The summed E-state index contributed by atoms with van der Waals surface area (Å²) in [5.41, 5.74) is 1.01. The first-order valence-corrected chi connectivity index (χ1v) is 14.2. The van der Waals surface area contributed by atoms with Crippen LogP contribution in [0.3, 0.4) is 0 Å². The van der Waals surface area contributed by atoms with Crippen LogP contribution in [0.2, 0.25) is 0 Å². The zero-order valence-electron chi connectivity index (χ0n) is 18.6. The smallest absolute Gasteiger partial charge is 0.252 e. The SMILES string of the molecule is COCCn1c(=NC(=O)C2CCCN(S(=O)(=O)c3ccccc3)C2)sc2cc(SC)ccc21. The molecule has 0 saturated carbocycles. The first-order chi connectivity index (χ1) is 15.9. The third-order valence-corrected chi connectivity index (χ3v) is 9.37. The second-order valence-corrected chi connectivity index (χ2v) is 11.7. The lowest BCUT2D eigenvalue weighted by Crippen LogP contribution is -2.42. The number of thioether (sulfide) groups is 1. The summed E-state index contributed by atoms with van der Waals surface area (Å²) in [6.45, 7) is 1.65. The van der Waals surface area contributed by atoms with E-state index in [2.05, 4.69) is 17.1 Å². The fourth-order valence-electron chi connectivity index (χ4n) is 3.95. The van der Waals surface area contributed by atoms with Crippen molar-refractivity contribution in [2.45, 2.75) is 29.2 Å². The topological polar surface area (TPSA) is 81.0 Å². The molecule has 0 N–H and O–H groups in total. The standard InChI is InChI=1S/C23H27N3O4S3/c1-30-14-13-26-20-11-10-18(31-2)15-21(20)32-23(26)24-22(27)17-7-6-12-25(16-17)33(28,29)19-8-4-3-5-9-19/h3-5,8-11,15,17H,6-7,12-14,16H2,1-2H3. The fraction of sp³-hybridized carbons (Fsp3) is 0.391. The summed E-state index contributed by atoms with van der Waals surface area (Å²) in [5, 5.41) is 0. The molecule has 0 spiro atoms. The van der Waals surface area contributed by atoms with Crippen molar-refractivity contribution in [3.8, 4) is 0 Å². The van der Waals surface area contributed by atoms with Gasteiger partial charge in [0.05, 0.1) is 27.6 Å². The maximum atomic E-state index is 13.2. The third-order valence-electron chi connectivity index (χ3n) is 5.73. The molecule has 33 heavy (non-hydrogen) atoms. The van der Waals surface area contributed by atoms with Gasteiger partial charge in [-0.25, -0.2) is 8.42 Å². The highest BCUT2D eigenvalue weighted by atomic mass is 32.2. The van der Waals surface area contributed by atoms with Gasteiger partial charge in [0.2, 0.25) is 10.0 Å². The Morgan fingerprint density at radius 1 is 1.24 bits per heavy atom. The monoisotopic (exact) mass is 505 g/mol. The van der Waals surface area contributed by atoms with E-state index in [0.29, 0.717) is 37.3 Å². The summed E-state index contributed by atoms with van der Waals surface area (Å²) in [4.78, 5) is 19.7. The Bertz CT molecular complexity index is 1300. The van der Waals surface area contributed by atoms with Crippen molar-refractivity contribution < 1.29 is 17.9 Å². The van der Waals surface area contributed by atoms with E-state index < -0.39 is 15.9 Å². The minimum absolute atomic E-state index is 0.152. The Labute approximate surface area is 202 Å². The van der Waals surface area contributed by atoms with Crippen molar-refractivity contribution in [3.63, 3.8) is 0 Å². The van der Waals surface area contributed by atoms with Crippen LogP contribution in [0.4, 0.5) is 0 Å². The number of carbonyl (C=O) groups is 1. The van der Waals surface area contributed by atoms with E-state index in [-0.39, 0.29) is 17.3 Å². The van der Waals surface area contributed by atoms with Gasteiger partial charge >= 0.3 is 0 Å². The number of piperidine rings is 1. The molecule has 0 aliphatic carbocycles. The Morgan fingerprint density at radius 2 is 2.03 bits per heavy atom. The van der Waals surface area contributed by atoms with Crippen LogP contribution < -0.4 is 4.80 Å². The van der Waals surface area contributed by atoms with Crippen LogP contribution in [0.15, 0.2) is 63.3 Å². The van der Waals surface area contributed by atoms with Gasteiger partial charge in [-0.15, -0.1) is 11.8 Å². The second kappa shape index (κ2) is 10.5. The summed E-state index contributed by atoms with van der Waals surface area (Å²) >= 11 is 3.14. The molecule has 1 aromatic heterocycles. The molecule has 1 aliphatic heterocycles. The van der Waals surface area contributed by atoms with Crippen molar-refractivity contribution in [1.29, 1.82) is 0 Å². The molecule has 1 atom stereocenters. The van der Waals surface area contributed by atoms with E-state index in [9.17, 15) is 13.2 Å². The Hall–Kier alpha value is -1.98. The van der Waals surface area contributed by atoms with E-state index in [0.717, 1.165) is 15.1 Å². The van der Waals surface area contributed by atoms with Crippen LogP contribution in [-0.2, 0) is 26.1 Å². The number of benzene rings is 2. The minimum Gasteiger partial charge on any atom is -0.383 e. The molecular weight excluding hydrogens is 478 g/mol. The van der Waals surface area contributed by atoms with Crippen LogP contribution in [0.25, 0.3) is 10.2 Å². The highest BCUT2D eigenvalue weighted by molar-refractivity contribution is 7.98. The van der Waals surface area contributed by atoms with Crippen molar-refractivity contribution in [1.82, 2.24) is 8.87 Å². The van der Waals surface area contributed by atoms with Gasteiger partial charge in [-0.3, -0.25) is 4.79 Å². The molecule has 0 radical (unpaired) electrons. The largest absolute Gasteiger partial charge is 0.383 e. The second-order valence-electron chi connectivity index (χ2n) is 7.83. The quantitative estimate of drug-likeness (QED) is 0.459. The molecular formula is C23H27N3O4S3. The van der Waals surface area contributed by atoms with E-state index in [4.69, 9.17) is 4.74 Å². The van der Waals surface area contributed by atoms with Crippen molar-refractivity contribution in [2.75, 3.05) is 33.1 Å². The number of carbonyl (C=O) groups excluding carboxylic acids is 1. The highest BCUT2D eigenvalue weighted by Crippen LogP contribution is 2.26. The molecule has 1 aliphatic rings. The molecule has 0 bridgehead atoms. The number of hydrogen-bond acceptors (Lipinski definition) is 6. The molecule has 3 aromatic rings. The van der Waals surface area contributed by atoms with Gasteiger partial charge < -0.3 is 9.30 Å². The maximum Gasteiger partial charge on any atom is 0.252 e. The van der Waals surface area contributed by atoms with E-state index in [1.165, 1.54) is 15.6 Å². The molecule has 176 valence electrons. The molecule has 1 saturated heterocycles. The lowest BCUT2D eigenvalue weighted by molar-refractivity contribution is -0.122. The summed E-state index contributed by atoms with van der Waals surface area (Å²) < 4.78 is 35.8. The predicted molar refractivity (Wildman–Crippen MR) is 132 cm³/mol. The van der Waals surface area contributed by atoms with Crippen molar-refractivity contribution >= 4 is 49.2 Å². The minimum atomic E-state index is -3.63. The normalized spacial score (nSPS) is 18.1. The van der Waals surface area contributed by atoms with Crippen LogP contribution in [0.1, 0.15) is 12.8 Å². The molecule has 10 heteroatoms. The van der Waals surface area contributed by atoms with Gasteiger partial charge in [0, 0.05) is 31.6 Å². The zero-order valence-corrected chi connectivity index (χ0v) is 21.1. The Kier molecular flexibility index (Phi) is 7.70. The van der Waals surface area contributed by atoms with Crippen LogP contribution in [0.5, 0.6) is 0 Å². The molecule has 1 amide bonds. The summed E-state index contributed by atoms with van der Waals surface area (Å²) in [6, 6.07) is 14.6. The van der Waals surface area contributed by atoms with E-state index in [1.807, 2.05) is 16.9 Å². The average molecular weight is 506 g/mol. The number of methoxy groups -OCH3 is 1. The van der Waals surface area contributed by atoms with E-state index >= 15 is 0 Å². The molecule has 1 unspecified atom stereocenters. The number of aromatic nitrogens is 1. The Balaban J connectivity index is 1.63. The van der Waals surface area contributed by atoms with Gasteiger partial charge in [0.15, 0.2) is 4.80 Å². The number of amides is 1. The highest BCUT2D eigenvalue weighted by Gasteiger charge is 2.33. The van der Waals surface area contributed by atoms with Crippen molar-refractivity contribution in [2.24, 2.45) is 10.9 Å².